The van der Waals surface area contributed by atoms with Crippen LogP contribution in [-0.4, -0.2) is 36.4 Å². The van der Waals surface area contributed by atoms with Gasteiger partial charge in [-0.05, 0) is 31.9 Å². The molecule has 0 saturated carbocycles. The van der Waals surface area contributed by atoms with Gasteiger partial charge in [0.25, 0.3) is 0 Å². The van der Waals surface area contributed by atoms with E-state index in [-0.39, 0.29) is 4.90 Å². The fourth-order valence-corrected chi connectivity index (χ4v) is 4.34. The number of hydrogen-bond donors (Lipinski definition) is 1. The van der Waals surface area contributed by atoms with Gasteiger partial charge < -0.3 is 5.11 Å². The van der Waals surface area contributed by atoms with Gasteiger partial charge in [-0.2, -0.15) is 4.31 Å². The zero-order valence-corrected chi connectivity index (χ0v) is 12.4. The van der Waals surface area contributed by atoms with Gasteiger partial charge in [0.15, 0.2) is 0 Å². The van der Waals surface area contributed by atoms with Gasteiger partial charge in [0.2, 0.25) is 10.0 Å². The van der Waals surface area contributed by atoms with E-state index < -0.39 is 28.0 Å². The second kappa shape index (κ2) is 5.54. The van der Waals surface area contributed by atoms with E-state index in [1.807, 2.05) is 6.92 Å². The topological polar surface area (TPSA) is 74.7 Å². The van der Waals surface area contributed by atoms with E-state index >= 15 is 0 Å². The number of hydrogen-bond acceptors (Lipinski definition) is 3. The average molecular weight is 297 g/mol. The second-order valence-electron chi connectivity index (χ2n) is 5.27. The standard InChI is InChI=1S/C14H19NO4S/c1-10-5-7-12(8-6-10)20(18,19)15-9-3-4-13(15)11(2)14(16)17/h5-8,11,13H,3-4,9H2,1-2H3,(H,16,17). The number of carboxylic acid groups (broad SMARTS) is 1. The van der Waals surface area contributed by atoms with Crippen molar-refractivity contribution in [2.45, 2.75) is 37.6 Å². The van der Waals surface area contributed by atoms with Crippen molar-refractivity contribution in [3.05, 3.63) is 29.8 Å². The normalized spacial score (nSPS) is 21.8. The molecule has 6 heteroatoms. The predicted octanol–water partition coefficient (Wildman–Crippen LogP) is 1.87. The molecule has 2 rings (SSSR count). The maximum absolute atomic E-state index is 12.6. The molecule has 1 saturated heterocycles. The third kappa shape index (κ3) is 2.71. The molecule has 1 N–H and O–H groups in total. The lowest BCUT2D eigenvalue weighted by Crippen LogP contribution is -2.41. The van der Waals surface area contributed by atoms with Gasteiger partial charge in [0, 0.05) is 12.6 Å². The summed E-state index contributed by atoms with van der Waals surface area (Å²) in [5.74, 6) is -1.65. The molecule has 2 unspecified atom stereocenters. The van der Waals surface area contributed by atoms with Crippen LogP contribution < -0.4 is 0 Å². The Bertz CT molecular complexity index is 594. The molecule has 0 aliphatic carbocycles. The van der Waals surface area contributed by atoms with Crippen molar-refractivity contribution in [1.29, 1.82) is 0 Å². The molecular formula is C14H19NO4S. The minimum absolute atomic E-state index is 0.229. The lowest BCUT2D eigenvalue weighted by molar-refractivity contribution is -0.142. The van der Waals surface area contributed by atoms with Gasteiger partial charge in [0.1, 0.15) is 0 Å². The van der Waals surface area contributed by atoms with Crippen LogP contribution in [0.25, 0.3) is 0 Å². The Morgan fingerprint density at radius 3 is 2.50 bits per heavy atom. The third-order valence-electron chi connectivity index (χ3n) is 3.84. The third-order valence-corrected chi connectivity index (χ3v) is 5.78. The summed E-state index contributed by atoms with van der Waals surface area (Å²) in [6.45, 7) is 3.84. The number of nitrogens with zero attached hydrogens (tertiary/aromatic N) is 1. The molecule has 1 fully saturated rings. The number of benzene rings is 1. The monoisotopic (exact) mass is 297 g/mol. The molecule has 1 aromatic carbocycles. The highest BCUT2D eigenvalue weighted by Crippen LogP contribution is 2.30. The van der Waals surface area contributed by atoms with Crippen LogP contribution in [0.4, 0.5) is 0 Å². The molecule has 1 aliphatic heterocycles. The summed E-state index contributed by atoms with van der Waals surface area (Å²) in [5.41, 5.74) is 0.987. The Balaban J connectivity index is 2.33. The summed E-state index contributed by atoms with van der Waals surface area (Å²) in [7, 11) is -3.61. The molecule has 20 heavy (non-hydrogen) atoms. The van der Waals surface area contributed by atoms with Crippen LogP contribution in [0.5, 0.6) is 0 Å². The maximum Gasteiger partial charge on any atom is 0.307 e. The van der Waals surface area contributed by atoms with E-state index in [1.54, 1.807) is 31.2 Å². The molecule has 1 aromatic rings. The Labute approximate surface area is 119 Å². The van der Waals surface area contributed by atoms with E-state index in [9.17, 15) is 13.2 Å². The number of aryl methyl sites for hydroxylation is 1. The summed E-state index contributed by atoms with van der Waals surface area (Å²) in [6.07, 6.45) is 1.30. The summed E-state index contributed by atoms with van der Waals surface area (Å²) < 4.78 is 26.6. The minimum Gasteiger partial charge on any atom is -0.481 e. The lowest BCUT2D eigenvalue weighted by Gasteiger charge is -2.26. The van der Waals surface area contributed by atoms with Crippen molar-refractivity contribution in [3.8, 4) is 0 Å². The smallest absolute Gasteiger partial charge is 0.307 e. The Morgan fingerprint density at radius 2 is 1.95 bits per heavy atom. The first-order valence-electron chi connectivity index (χ1n) is 6.65. The van der Waals surface area contributed by atoms with Crippen molar-refractivity contribution in [1.82, 2.24) is 4.31 Å². The van der Waals surface area contributed by atoms with Crippen molar-refractivity contribution < 1.29 is 18.3 Å². The maximum atomic E-state index is 12.6. The highest BCUT2D eigenvalue weighted by molar-refractivity contribution is 7.89. The number of carboxylic acids is 1. The fraction of sp³-hybridized carbons (Fsp3) is 0.500. The first-order valence-corrected chi connectivity index (χ1v) is 8.09. The summed E-state index contributed by atoms with van der Waals surface area (Å²) >= 11 is 0. The van der Waals surface area contributed by atoms with Gasteiger partial charge in [0.05, 0.1) is 10.8 Å². The van der Waals surface area contributed by atoms with Crippen molar-refractivity contribution in [3.63, 3.8) is 0 Å². The van der Waals surface area contributed by atoms with Crippen LogP contribution in [0.2, 0.25) is 0 Å². The van der Waals surface area contributed by atoms with Gasteiger partial charge in [-0.25, -0.2) is 8.42 Å². The zero-order chi connectivity index (χ0) is 14.9. The second-order valence-corrected chi connectivity index (χ2v) is 7.16. The molecule has 2 atom stereocenters. The average Bonchev–Trinajstić information content (AvgIpc) is 2.88. The predicted molar refractivity (Wildman–Crippen MR) is 74.9 cm³/mol. The van der Waals surface area contributed by atoms with E-state index in [2.05, 4.69) is 0 Å². The number of aliphatic carboxylic acids is 1. The molecule has 110 valence electrons. The highest BCUT2D eigenvalue weighted by Gasteiger charge is 2.40. The minimum atomic E-state index is -3.61. The van der Waals surface area contributed by atoms with Crippen LogP contribution >= 0.6 is 0 Å². The van der Waals surface area contributed by atoms with Crippen LogP contribution in [0.3, 0.4) is 0 Å². The quantitative estimate of drug-likeness (QED) is 0.920. The van der Waals surface area contributed by atoms with Crippen LogP contribution in [-0.2, 0) is 14.8 Å². The molecule has 0 bridgehead atoms. The summed E-state index contributed by atoms with van der Waals surface area (Å²) in [6, 6.07) is 6.19. The Morgan fingerprint density at radius 1 is 1.35 bits per heavy atom. The van der Waals surface area contributed by atoms with Gasteiger partial charge in [-0.15, -0.1) is 0 Å². The largest absolute Gasteiger partial charge is 0.481 e. The number of sulfonamides is 1. The fourth-order valence-electron chi connectivity index (χ4n) is 2.57. The van der Waals surface area contributed by atoms with Crippen molar-refractivity contribution in [2.24, 2.45) is 5.92 Å². The van der Waals surface area contributed by atoms with Gasteiger partial charge in [-0.3, -0.25) is 4.79 Å². The summed E-state index contributed by atoms with van der Waals surface area (Å²) in [5, 5.41) is 9.11. The molecule has 0 amide bonds. The lowest BCUT2D eigenvalue weighted by atomic mass is 10.0. The van der Waals surface area contributed by atoms with E-state index in [1.165, 1.54) is 4.31 Å². The van der Waals surface area contributed by atoms with Crippen molar-refractivity contribution in [2.75, 3.05) is 6.54 Å². The van der Waals surface area contributed by atoms with E-state index in [4.69, 9.17) is 5.11 Å². The summed E-state index contributed by atoms with van der Waals surface area (Å²) in [4.78, 5) is 11.3. The van der Waals surface area contributed by atoms with Crippen LogP contribution in [0.15, 0.2) is 29.2 Å². The first kappa shape index (κ1) is 15.0. The van der Waals surface area contributed by atoms with Crippen molar-refractivity contribution >= 4 is 16.0 Å². The van der Waals surface area contributed by atoms with Gasteiger partial charge >= 0.3 is 5.97 Å². The van der Waals surface area contributed by atoms with E-state index in [0.29, 0.717) is 19.4 Å². The molecule has 1 aliphatic rings. The molecule has 5 nitrogen and oxygen atoms in total. The molecule has 1 heterocycles. The Hall–Kier alpha value is -1.40. The molecule has 0 radical (unpaired) electrons. The number of rotatable bonds is 4. The van der Waals surface area contributed by atoms with Crippen LogP contribution in [0, 0.1) is 12.8 Å². The van der Waals surface area contributed by atoms with Gasteiger partial charge in [-0.1, -0.05) is 24.6 Å². The molecular weight excluding hydrogens is 278 g/mol. The van der Waals surface area contributed by atoms with E-state index in [0.717, 1.165) is 5.56 Å². The Kier molecular flexibility index (Phi) is 4.15. The van der Waals surface area contributed by atoms with Crippen LogP contribution in [0.1, 0.15) is 25.3 Å². The molecule has 0 aromatic heterocycles. The SMILES string of the molecule is Cc1ccc(S(=O)(=O)N2CCCC2C(C)C(=O)O)cc1. The number of carbonyl (C=O) groups is 1. The zero-order valence-electron chi connectivity index (χ0n) is 11.6. The highest BCUT2D eigenvalue weighted by atomic mass is 32.2. The molecule has 0 spiro atoms. The first-order chi connectivity index (χ1) is 9.34.